The van der Waals surface area contributed by atoms with Gasteiger partial charge in [0.2, 0.25) is 13.4 Å². The summed E-state index contributed by atoms with van der Waals surface area (Å²) in [7, 11) is 0. The number of para-hydroxylation sites is 3. The number of anilines is 6. The molecule has 11 aromatic carbocycles. The van der Waals surface area contributed by atoms with E-state index in [-0.39, 0.29) is 13.4 Å². The summed E-state index contributed by atoms with van der Waals surface area (Å²) in [5.74, 6) is 1.88. The lowest BCUT2D eigenvalue weighted by molar-refractivity contribution is 0.751. The molecule has 5 nitrogen and oxygen atoms in total. The molecule has 0 unspecified atom stereocenters. The Bertz CT molecular complexity index is 4070. The third-order valence-corrected chi connectivity index (χ3v) is 16.1. The molecule has 3 aliphatic rings. The first-order valence-corrected chi connectivity index (χ1v) is 26.5. The summed E-state index contributed by atoms with van der Waals surface area (Å²) in [4.78, 5) is 20.4. The summed E-state index contributed by atoms with van der Waals surface area (Å²) in [6, 6.07) is 104. The fourth-order valence-corrected chi connectivity index (χ4v) is 13.0. The van der Waals surface area contributed by atoms with Crippen molar-refractivity contribution in [3.05, 3.63) is 307 Å². The van der Waals surface area contributed by atoms with Crippen molar-refractivity contribution in [3.63, 3.8) is 0 Å². The molecule has 77 heavy (non-hydrogen) atoms. The van der Waals surface area contributed by atoms with Crippen molar-refractivity contribution in [3.8, 4) is 34.2 Å². The second kappa shape index (κ2) is 18.2. The van der Waals surface area contributed by atoms with Gasteiger partial charge >= 0.3 is 0 Å². The molecule has 3 aliphatic heterocycles. The lowest BCUT2D eigenvalue weighted by Crippen LogP contribution is -2.68. The Morgan fingerprint density at radius 1 is 0.299 bits per heavy atom. The van der Waals surface area contributed by atoms with Crippen LogP contribution in [0.4, 0.5) is 34.1 Å². The zero-order chi connectivity index (χ0) is 50.9. The van der Waals surface area contributed by atoms with Gasteiger partial charge in [-0.1, -0.05) is 241 Å². The molecule has 0 spiro atoms. The minimum atomic E-state index is -0.719. The molecule has 0 bridgehead atoms. The molecule has 15 rings (SSSR count). The number of nitrogens with zero attached hydrogens (tertiary/aromatic N) is 5. The van der Waals surface area contributed by atoms with Crippen LogP contribution in [0, 0.1) is 0 Å². The molecule has 0 amide bonds. The minimum absolute atomic E-state index is 0.0681. The van der Waals surface area contributed by atoms with Gasteiger partial charge < -0.3 is 9.80 Å². The Balaban J connectivity index is 1.06. The molecule has 12 aromatic rings. The van der Waals surface area contributed by atoms with Gasteiger partial charge in [0.1, 0.15) is 0 Å². The highest BCUT2D eigenvalue weighted by Crippen LogP contribution is 2.52. The van der Waals surface area contributed by atoms with E-state index in [0.717, 1.165) is 39.4 Å². The fraction of sp³-hybridized carbons (Fsp3) is 0.0143. The van der Waals surface area contributed by atoms with Gasteiger partial charge in [-0.15, -0.1) is 0 Å². The van der Waals surface area contributed by atoms with Crippen LogP contribution in [-0.4, -0.2) is 28.4 Å². The van der Waals surface area contributed by atoms with Crippen molar-refractivity contribution in [2.45, 2.75) is 5.41 Å². The van der Waals surface area contributed by atoms with Gasteiger partial charge in [0.25, 0.3) is 0 Å². The topological polar surface area (TPSA) is 45.2 Å². The third-order valence-electron chi connectivity index (χ3n) is 16.1. The summed E-state index contributed by atoms with van der Waals surface area (Å²) in [5, 5.41) is 0. The standard InChI is InChI=1S/C70H47B2N5/c1-7-25-48(26-8-1)67-73-68(49-27-9-2-10-28-49)75-69(74-67)50-43-45-55(46-44-50)76-61-41-23-21-39-59(61)71(53-33-15-5-16-34-53)65-63(76)47-57-64-66(65)77(54-35-17-6-18-36-54)62-42-24-22-40-60(62)72(64)58-38-20-19-37-56(58)70(57,51-29-11-3-12-30-51)52-31-13-4-14-32-52/h1-47H. The molecule has 0 aliphatic carbocycles. The van der Waals surface area contributed by atoms with Crippen LogP contribution in [0.2, 0.25) is 0 Å². The maximum Gasteiger partial charge on any atom is 0.249 e. The zero-order valence-corrected chi connectivity index (χ0v) is 42.0. The Kier molecular flexibility index (Phi) is 10.6. The smallest absolute Gasteiger partial charge is 0.249 e. The highest BCUT2D eigenvalue weighted by Gasteiger charge is 2.54. The molecule has 4 heterocycles. The van der Waals surface area contributed by atoms with Crippen molar-refractivity contribution < 1.29 is 0 Å². The number of rotatable bonds is 8. The predicted octanol–water partition coefficient (Wildman–Crippen LogP) is 12.2. The summed E-state index contributed by atoms with van der Waals surface area (Å²) in [6.07, 6.45) is 0. The monoisotopic (exact) mass is 979 g/mol. The number of aromatic nitrogens is 3. The van der Waals surface area contributed by atoms with E-state index < -0.39 is 5.41 Å². The van der Waals surface area contributed by atoms with Crippen molar-refractivity contribution in [2.75, 3.05) is 9.80 Å². The number of hydrogen-bond donors (Lipinski definition) is 0. The van der Waals surface area contributed by atoms with Crippen molar-refractivity contribution >= 4 is 80.3 Å². The van der Waals surface area contributed by atoms with E-state index in [0.29, 0.717) is 17.5 Å². The molecule has 0 radical (unpaired) electrons. The first-order chi connectivity index (χ1) is 38.2. The van der Waals surface area contributed by atoms with Gasteiger partial charge in [0.05, 0.1) is 5.41 Å². The summed E-state index contributed by atoms with van der Waals surface area (Å²) in [6.45, 7) is -0.199. The van der Waals surface area contributed by atoms with Crippen LogP contribution < -0.4 is 42.6 Å². The van der Waals surface area contributed by atoms with E-state index in [1.807, 2.05) is 36.4 Å². The molecule has 0 N–H and O–H groups in total. The van der Waals surface area contributed by atoms with Gasteiger partial charge in [0.15, 0.2) is 17.5 Å². The molecule has 0 fully saturated rings. The van der Waals surface area contributed by atoms with Gasteiger partial charge in [-0.25, -0.2) is 15.0 Å². The van der Waals surface area contributed by atoms with Crippen molar-refractivity contribution in [2.24, 2.45) is 0 Å². The summed E-state index contributed by atoms with van der Waals surface area (Å²) < 4.78 is 0. The Morgan fingerprint density at radius 3 is 1.27 bits per heavy atom. The van der Waals surface area contributed by atoms with E-state index >= 15 is 0 Å². The van der Waals surface area contributed by atoms with Crippen molar-refractivity contribution in [1.29, 1.82) is 0 Å². The van der Waals surface area contributed by atoms with Crippen LogP contribution in [-0.2, 0) is 5.41 Å². The van der Waals surface area contributed by atoms with Crippen LogP contribution in [0.3, 0.4) is 0 Å². The largest absolute Gasteiger partial charge is 0.312 e. The van der Waals surface area contributed by atoms with E-state index in [4.69, 9.17) is 15.0 Å². The molecule has 0 saturated carbocycles. The fourth-order valence-electron chi connectivity index (χ4n) is 13.0. The maximum absolute atomic E-state index is 5.15. The zero-order valence-electron chi connectivity index (χ0n) is 42.0. The second-order valence-corrected chi connectivity index (χ2v) is 20.2. The minimum Gasteiger partial charge on any atom is -0.312 e. The number of fused-ring (bicyclic) bond motifs is 7. The van der Waals surface area contributed by atoms with Gasteiger partial charge in [-0.2, -0.15) is 0 Å². The van der Waals surface area contributed by atoms with E-state index in [1.54, 1.807) is 0 Å². The lowest BCUT2D eigenvalue weighted by atomic mass is 9.27. The molecular formula is C70H47B2N5. The van der Waals surface area contributed by atoms with E-state index in [9.17, 15) is 0 Å². The van der Waals surface area contributed by atoms with E-state index in [1.165, 1.54) is 66.4 Å². The van der Waals surface area contributed by atoms with Gasteiger partial charge in [-0.3, -0.25) is 0 Å². The Morgan fingerprint density at radius 2 is 0.714 bits per heavy atom. The average Bonchev–Trinajstić information content (AvgIpc) is 3.69. The molecule has 0 atom stereocenters. The average molecular weight is 980 g/mol. The normalized spacial score (nSPS) is 13.5. The molecular weight excluding hydrogens is 932 g/mol. The maximum atomic E-state index is 5.15. The van der Waals surface area contributed by atoms with Crippen molar-refractivity contribution in [1.82, 2.24) is 15.0 Å². The van der Waals surface area contributed by atoms with Crippen LogP contribution >= 0.6 is 0 Å². The lowest BCUT2D eigenvalue weighted by Gasteiger charge is -2.51. The summed E-state index contributed by atoms with van der Waals surface area (Å²) >= 11 is 0. The highest BCUT2D eigenvalue weighted by molar-refractivity contribution is 7.02. The third kappa shape index (κ3) is 7.01. The Labute approximate surface area is 449 Å². The first-order valence-electron chi connectivity index (χ1n) is 26.5. The quantitative estimate of drug-likeness (QED) is 0.142. The number of benzene rings is 11. The van der Waals surface area contributed by atoms with E-state index in [2.05, 4.69) is 259 Å². The molecule has 1 aromatic heterocycles. The second-order valence-electron chi connectivity index (χ2n) is 20.2. The molecule has 0 saturated heterocycles. The van der Waals surface area contributed by atoms with Crippen LogP contribution in [0.25, 0.3) is 34.2 Å². The van der Waals surface area contributed by atoms with Gasteiger partial charge in [-0.05, 0) is 98.7 Å². The van der Waals surface area contributed by atoms with Gasteiger partial charge in [0, 0.05) is 50.8 Å². The van der Waals surface area contributed by atoms with Crippen LogP contribution in [0.5, 0.6) is 0 Å². The first kappa shape index (κ1) is 44.6. The highest BCUT2D eigenvalue weighted by atomic mass is 15.2. The number of hydrogen-bond acceptors (Lipinski definition) is 5. The SMILES string of the molecule is c1ccc(B2c3ccccc3N(c3ccc(-c4nc(-c5ccccc5)nc(-c5ccccc5)n4)cc3)c3cc4c5c(c32)N(c2ccccc2)c2ccccc2B5c2ccccc2C4(c2ccccc2)c2ccccc2)cc1. The van der Waals surface area contributed by atoms with Crippen LogP contribution in [0.1, 0.15) is 22.3 Å². The molecule has 358 valence electrons. The van der Waals surface area contributed by atoms with Crippen LogP contribution in [0.15, 0.2) is 285 Å². The summed E-state index contributed by atoms with van der Waals surface area (Å²) in [5.41, 5.74) is 21.5. The Hall–Kier alpha value is -9.84. The predicted molar refractivity (Wildman–Crippen MR) is 320 cm³/mol. The molecule has 7 heteroatoms.